The molecule has 0 spiro atoms. The molecule has 0 radical (unpaired) electrons. The van der Waals surface area contributed by atoms with E-state index in [0.29, 0.717) is 5.92 Å². The minimum absolute atomic E-state index is 0.601. The molecule has 0 aliphatic heterocycles. The second-order valence-corrected chi connectivity index (χ2v) is 3.79. The third kappa shape index (κ3) is 2.86. The second kappa shape index (κ2) is 4.51. The van der Waals surface area contributed by atoms with E-state index in [1.54, 1.807) is 0 Å². The van der Waals surface area contributed by atoms with E-state index in [0.717, 1.165) is 17.9 Å². The van der Waals surface area contributed by atoms with E-state index in [1.807, 2.05) is 6.08 Å². The fraction of sp³-hybridized carbons (Fsp3) is 0.455. The van der Waals surface area contributed by atoms with Crippen LogP contribution in [-0.2, 0) is 0 Å². The molecule has 12 heavy (non-hydrogen) atoms. The van der Waals surface area contributed by atoms with Crippen molar-refractivity contribution in [2.24, 2.45) is 5.92 Å². The third-order valence-electron chi connectivity index (χ3n) is 1.99. The Bertz CT molecular complexity index is 231. The van der Waals surface area contributed by atoms with Crippen molar-refractivity contribution in [2.75, 3.05) is 0 Å². The van der Waals surface area contributed by atoms with Crippen LogP contribution in [0.4, 0.5) is 0 Å². The largest absolute Gasteiger partial charge is 0.0847 e. The van der Waals surface area contributed by atoms with Crippen LogP contribution in [0.3, 0.4) is 0 Å². The minimum Gasteiger partial charge on any atom is -0.0847 e. The molecule has 0 saturated carbocycles. The first-order valence-electron chi connectivity index (χ1n) is 4.44. The van der Waals surface area contributed by atoms with Gasteiger partial charge in [0.05, 0.1) is 0 Å². The Morgan fingerprint density at radius 2 is 1.83 bits per heavy atom. The zero-order valence-electron chi connectivity index (χ0n) is 7.68. The SMILES string of the molecule is CC(C)C1=C/CC/C=C(Cl)/C=C\1. The lowest BCUT2D eigenvalue weighted by molar-refractivity contribution is 0.781. The van der Waals surface area contributed by atoms with Crippen LogP contribution < -0.4 is 0 Å². The Labute approximate surface area is 79.6 Å². The van der Waals surface area contributed by atoms with E-state index in [9.17, 15) is 0 Å². The molecule has 0 fully saturated rings. The van der Waals surface area contributed by atoms with Crippen molar-refractivity contribution < 1.29 is 0 Å². The van der Waals surface area contributed by atoms with Gasteiger partial charge < -0.3 is 0 Å². The number of halogens is 1. The van der Waals surface area contributed by atoms with Crippen LogP contribution in [-0.4, -0.2) is 0 Å². The van der Waals surface area contributed by atoms with Crippen molar-refractivity contribution in [3.63, 3.8) is 0 Å². The van der Waals surface area contributed by atoms with Gasteiger partial charge in [-0.3, -0.25) is 0 Å². The van der Waals surface area contributed by atoms with Crippen molar-refractivity contribution in [3.8, 4) is 0 Å². The van der Waals surface area contributed by atoms with Gasteiger partial charge in [-0.2, -0.15) is 0 Å². The van der Waals surface area contributed by atoms with Crippen molar-refractivity contribution in [3.05, 3.63) is 34.9 Å². The summed E-state index contributed by atoms with van der Waals surface area (Å²) in [6, 6.07) is 0. The van der Waals surface area contributed by atoms with Gasteiger partial charge in [0.25, 0.3) is 0 Å². The van der Waals surface area contributed by atoms with E-state index in [1.165, 1.54) is 5.57 Å². The summed E-state index contributed by atoms with van der Waals surface area (Å²) in [4.78, 5) is 0. The van der Waals surface area contributed by atoms with Crippen LogP contribution in [0, 0.1) is 5.92 Å². The summed E-state index contributed by atoms with van der Waals surface area (Å²) in [7, 11) is 0. The molecule has 1 aliphatic rings. The van der Waals surface area contributed by atoms with Crippen molar-refractivity contribution in [1.82, 2.24) is 0 Å². The zero-order chi connectivity index (χ0) is 8.97. The lowest BCUT2D eigenvalue weighted by atomic mass is 10.00. The molecule has 0 nitrogen and oxygen atoms in total. The molecule has 1 rings (SSSR count). The molecule has 0 aromatic rings. The first-order chi connectivity index (χ1) is 5.70. The third-order valence-corrected chi connectivity index (χ3v) is 2.27. The summed E-state index contributed by atoms with van der Waals surface area (Å²) in [6.45, 7) is 4.41. The Morgan fingerprint density at radius 1 is 1.17 bits per heavy atom. The van der Waals surface area contributed by atoms with Crippen molar-refractivity contribution in [1.29, 1.82) is 0 Å². The topological polar surface area (TPSA) is 0 Å². The van der Waals surface area contributed by atoms with Crippen LogP contribution >= 0.6 is 11.6 Å². The van der Waals surface area contributed by atoms with E-state index in [2.05, 4.69) is 32.1 Å². The average Bonchev–Trinajstić information content (AvgIpc) is 1.97. The summed E-state index contributed by atoms with van der Waals surface area (Å²) in [5.74, 6) is 0.601. The highest BCUT2D eigenvalue weighted by molar-refractivity contribution is 6.31. The second-order valence-electron chi connectivity index (χ2n) is 3.36. The quantitative estimate of drug-likeness (QED) is 0.574. The normalized spacial score (nSPS) is 29.7. The Morgan fingerprint density at radius 3 is 2.50 bits per heavy atom. The molecule has 66 valence electrons. The van der Waals surface area contributed by atoms with E-state index < -0.39 is 0 Å². The standard InChI is InChI=1S/C11H15Cl/c1-9(2)10-5-3-4-6-11(12)8-7-10/h5-9H,3-4H2,1-2H3/b8-7-,10-5+,11-6-. The monoisotopic (exact) mass is 182 g/mol. The maximum absolute atomic E-state index is 5.91. The lowest BCUT2D eigenvalue weighted by Gasteiger charge is -2.07. The molecule has 0 bridgehead atoms. The van der Waals surface area contributed by atoms with Gasteiger partial charge in [-0.25, -0.2) is 0 Å². The zero-order valence-corrected chi connectivity index (χ0v) is 8.43. The predicted molar refractivity (Wildman–Crippen MR) is 55.2 cm³/mol. The van der Waals surface area contributed by atoms with Gasteiger partial charge >= 0.3 is 0 Å². The summed E-state index contributed by atoms with van der Waals surface area (Å²) >= 11 is 5.91. The maximum atomic E-state index is 5.91. The van der Waals surface area contributed by atoms with Gasteiger partial charge in [0, 0.05) is 5.03 Å². The molecular formula is C11H15Cl. The van der Waals surface area contributed by atoms with Gasteiger partial charge in [0.2, 0.25) is 0 Å². The highest BCUT2D eigenvalue weighted by Gasteiger charge is 2.00. The van der Waals surface area contributed by atoms with Gasteiger partial charge in [0.15, 0.2) is 0 Å². The highest BCUT2D eigenvalue weighted by atomic mass is 35.5. The fourth-order valence-corrected chi connectivity index (χ4v) is 1.38. The Kier molecular flexibility index (Phi) is 3.61. The molecule has 0 aromatic carbocycles. The first kappa shape index (κ1) is 9.60. The smallest absolute Gasteiger partial charge is 0.0366 e. The minimum atomic E-state index is 0.601. The molecule has 0 aromatic heterocycles. The number of allylic oxidation sites excluding steroid dienone is 6. The van der Waals surface area contributed by atoms with Gasteiger partial charge in [-0.1, -0.05) is 43.7 Å². The van der Waals surface area contributed by atoms with Crippen LogP contribution in [0.5, 0.6) is 0 Å². The van der Waals surface area contributed by atoms with Crippen molar-refractivity contribution >= 4 is 11.6 Å². The molecule has 0 amide bonds. The Balaban J connectivity index is 2.77. The number of hydrogen-bond donors (Lipinski definition) is 0. The highest BCUT2D eigenvalue weighted by Crippen LogP contribution is 2.18. The lowest BCUT2D eigenvalue weighted by Crippen LogP contribution is -1.91. The van der Waals surface area contributed by atoms with E-state index >= 15 is 0 Å². The van der Waals surface area contributed by atoms with E-state index in [-0.39, 0.29) is 0 Å². The molecule has 0 heterocycles. The molecular weight excluding hydrogens is 168 g/mol. The molecule has 1 heteroatoms. The van der Waals surface area contributed by atoms with Gasteiger partial charge in [0.1, 0.15) is 0 Å². The molecule has 0 atom stereocenters. The van der Waals surface area contributed by atoms with Crippen LogP contribution in [0.15, 0.2) is 34.9 Å². The molecule has 0 N–H and O–H groups in total. The van der Waals surface area contributed by atoms with Crippen LogP contribution in [0.1, 0.15) is 26.7 Å². The van der Waals surface area contributed by atoms with E-state index in [4.69, 9.17) is 11.6 Å². The average molecular weight is 183 g/mol. The summed E-state index contributed by atoms with van der Waals surface area (Å²) in [5, 5.41) is 0.862. The van der Waals surface area contributed by atoms with Crippen LogP contribution in [0.25, 0.3) is 0 Å². The number of rotatable bonds is 1. The number of hydrogen-bond acceptors (Lipinski definition) is 0. The summed E-state index contributed by atoms with van der Waals surface area (Å²) in [5.41, 5.74) is 1.39. The maximum Gasteiger partial charge on any atom is 0.0366 e. The molecule has 0 unspecified atom stereocenters. The predicted octanol–water partition coefficient (Wildman–Crippen LogP) is 4.04. The van der Waals surface area contributed by atoms with Gasteiger partial charge in [-0.05, 0) is 30.4 Å². The first-order valence-corrected chi connectivity index (χ1v) is 4.81. The van der Waals surface area contributed by atoms with Crippen molar-refractivity contribution in [2.45, 2.75) is 26.7 Å². The molecule has 0 saturated heterocycles. The fourth-order valence-electron chi connectivity index (χ4n) is 1.21. The summed E-state index contributed by atoms with van der Waals surface area (Å²) < 4.78 is 0. The van der Waals surface area contributed by atoms with Crippen LogP contribution in [0.2, 0.25) is 0 Å². The summed E-state index contributed by atoms with van der Waals surface area (Å²) in [6.07, 6.45) is 10.6. The van der Waals surface area contributed by atoms with Gasteiger partial charge in [-0.15, -0.1) is 0 Å². The molecule has 1 aliphatic carbocycles. The Hall–Kier alpha value is -0.490.